The number of carboxylic acid groups (broad SMARTS) is 1. The second kappa shape index (κ2) is 9.45. The molecule has 106 valence electrons. The van der Waals surface area contributed by atoms with Crippen LogP contribution in [0.15, 0.2) is 4.79 Å². The summed E-state index contributed by atoms with van der Waals surface area (Å²) in [6.07, 6.45) is 4.29. The number of carboxylic acids is 1. The SMILES string of the molecule is CCCCCc1sc2nc(C(=O)O)[nH]c(=O)c2c1C.[NaH].[NaH]. The summed E-state index contributed by atoms with van der Waals surface area (Å²) >= 11 is 1.43. The van der Waals surface area contributed by atoms with Crippen LogP contribution in [0.25, 0.3) is 10.2 Å². The maximum atomic E-state index is 11.9. The molecule has 0 aliphatic carbocycles. The molecular weight excluding hydrogens is 310 g/mol. The first-order valence-corrected chi connectivity index (χ1v) is 7.11. The van der Waals surface area contributed by atoms with Crippen molar-refractivity contribution in [3.63, 3.8) is 0 Å². The van der Waals surface area contributed by atoms with E-state index in [4.69, 9.17) is 5.11 Å². The Morgan fingerprint density at radius 3 is 2.57 bits per heavy atom. The van der Waals surface area contributed by atoms with Gasteiger partial charge in [-0.25, -0.2) is 9.78 Å². The first-order chi connectivity index (χ1) is 9.04. The number of nitrogens with one attached hydrogen (secondary N) is 1. The molecule has 0 aliphatic rings. The van der Waals surface area contributed by atoms with Gasteiger partial charge in [-0.05, 0) is 25.3 Å². The molecule has 0 bridgehead atoms. The minimum absolute atomic E-state index is 0. The Morgan fingerprint density at radius 2 is 2.00 bits per heavy atom. The van der Waals surface area contributed by atoms with Crippen molar-refractivity contribution in [3.8, 4) is 0 Å². The van der Waals surface area contributed by atoms with Crippen LogP contribution in [0.4, 0.5) is 0 Å². The van der Waals surface area contributed by atoms with Crippen LogP contribution in [0.1, 0.15) is 47.2 Å². The Bertz CT molecular complexity index is 682. The van der Waals surface area contributed by atoms with E-state index in [0.29, 0.717) is 10.2 Å². The monoisotopic (exact) mass is 328 g/mol. The van der Waals surface area contributed by atoms with Gasteiger partial charge >= 0.3 is 65.1 Å². The fourth-order valence-electron chi connectivity index (χ4n) is 2.07. The molecule has 0 saturated carbocycles. The number of carbonyl (C=O) groups is 1. The number of thiophene rings is 1. The zero-order valence-corrected chi connectivity index (χ0v) is 11.8. The molecule has 2 aromatic heterocycles. The number of aryl methyl sites for hydroxylation is 2. The number of H-pyrrole nitrogens is 1. The van der Waals surface area contributed by atoms with Gasteiger partial charge in [0.1, 0.15) is 4.83 Å². The molecule has 0 spiro atoms. The second-order valence-corrected chi connectivity index (χ2v) is 5.59. The number of aromatic amines is 1. The van der Waals surface area contributed by atoms with Crippen LogP contribution >= 0.6 is 11.3 Å². The van der Waals surface area contributed by atoms with Crippen LogP contribution in [0.2, 0.25) is 0 Å². The first kappa shape index (κ1) is 21.3. The Kier molecular flexibility index (Phi) is 9.59. The molecule has 2 aromatic rings. The first-order valence-electron chi connectivity index (χ1n) is 6.30. The second-order valence-electron chi connectivity index (χ2n) is 4.51. The number of rotatable bonds is 5. The molecule has 2 N–H and O–H groups in total. The molecule has 0 amide bonds. The normalized spacial score (nSPS) is 10.0. The Labute approximate surface area is 171 Å². The van der Waals surface area contributed by atoms with E-state index < -0.39 is 5.97 Å². The van der Waals surface area contributed by atoms with Gasteiger partial charge in [0.2, 0.25) is 5.82 Å². The number of hydrogen-bond acceptors (Lipinski definition) is 4. The fourth-order valence-corrected chi connectivity index (χ4v) is 3.28. The van der Waals surface area contributed by atoms with E-state index in [-0.39, 0.29) is 70.5 Å². The molecular formula is C13H18N2Na2O3S. The zero-order valence-electron chi connectivity index (χ0n) is 10.9. The van der Waals surface area contributed by atoms with Gasteiger partial charge < -0.3 is 10.1 Å². The average Bonchev–Trinajstić information content (AvgIpc) is 2.67. The van der Waals surface area contributed by atoms with Crippen LogP contribution in [-0.4, -0.2) is 80.2 Å². The average molecular weight is 328 g/mol. The van der Waals surface area contributed by atoms with Gasteiger partial charge in [-0.15, -0.1) is 11.3 Å². The van der Waals surface area contributed by atoms with E-state index in [2.05, 4.69) is 16.9 Å². The van der Waals surface area contributed by atoms with Gasteiger partial charge in [-0.3, -0.25) is 4.79 Å². The van der Waals surface area contributed by atoms with Gasteiger partial charge in [-0.1, -0.05) is 19.8 Å². The summed E-state index contributed by atoms with van der Waals surface area (Å²) in [5, 5.41) is 9.42. The summed E-state index contributed by atoms with van der Waals surface area (Å²) in [4.78, 5) is 30.8. The Balaban J connectivity index is 0.00000200. The van der Waals surface area contributed by atoms with Crippen molar-refractivity contribution in [3.05, 3.63) is 26.6 Å². The van der Waals surface area contributed by atoms with E-state index in [1.165, 1.54) is 11.3 Å². The number of fused-ring (bicyclic) bond motifs is 1. The minimum atomic E-state index is -1.21. The molecule has 0 radical (unpaired) electrons. The molecule has 0 aromatic carbocycles. The van der Waals surface area contributed by atoms with Crippen molar-refractivity contribution < 1.29 is 9.90 Å². The van der Waals surface area contributed by atoms with Crippen LogP contribution in [-0.2, 0) is 6.42 Å². The summed E-state index contributed by atoms with van der Waals surface area (Å²) in [6.45, 7) is 4.04. The predicted molar refractivity (Wildman–Crippen MR) is 89.5 cm³/mol. The van der Waals surface area contributed by atoms with Crippen LogP contribution in [0, 0.1) is 6.92 Å². The van der Waals surface area contributed by atoms with Crippen molar-refractivity contribution >= 4 is 86.6 Å². The van der Waals surface area contributed by atoms with Crippen LogP contribution in [0.3, 0.4) is 0 Å². The third-order valence-electron chi connectivity index (χ3n) is 3.11. The summed E-state index contributed by atoms with van der Waals surface area (Å²) in [5.74, 6) is -1.50. The third-order valence-corrected chi connectivity index (χ3v) is 4.35. The van der Waals surface area contributed by atoms with Crippen molar-refractivity contribution in [1.82, 2.24) is 9.97 Å². The molecule has 8 heteroatoms. The number of nitrogens with zero attached hydrogens (tertiary/aromatic N) is 1. The maximum absolute atomic E-state index is 11.9. The van der Waals surface area contributed by atoms with Crippen molar-refractivity contribution in [2.75, 3.05) is 0 Å². The summed E-state index contributed by atoms with van der Waals surface area (Å²) in [5.41, 5.74) is 0.569. The van der Waals surface area contributed by atoms with Gasteiger partial charge in [0, 0.05) is 4.88 Å². The molecule has 21 heavy (non-hydrogen) atoms. The Morgan fingerprint density at radius 1 is 1.33 bits per heavy atom. The fraction of sp³-hybridized carbons (Fsp3) is 0.462. The van der Waals surface area contributed by atoms with E-state index in [1.54, 1.807) is 0 Å². The van der Waals surface area contributed by atoms with Gasteiger partial charge in [0.25, 0.3) is 5.56 Å². The molecule has 2 heterocycles. The third kappa shape index (κ3) is 4.89. The summed E-state index contributed by atoms with van der Waals surface area (Å²) in [6, 6.07) is 0. The van der Waals surface area contributed by atoms with Crippen molar-refractivity contribution in [2.24, 2.45) is 0 Å². The predicted octanol–water partition coefficient (Wildman–Crippen LogP) is 1.43. The molecule has 2 rings (SSSR count). The van der Waals surface area contributed by atoms with E-state index in [1.807, 2.05) is 6.92 Å². The van der Waals surface area contributed by atoms with Crippen molar-refractivity contribution in [1.29, 1.82) is 0 Å². The molecule has 0 fully saturated rings. The van der Waals surface area contributed by atoms with Crippen molar-refractivity contribution in [2.45, 2.75) is 39.5 Å². The topological polar surface area (TPSA) is 83.0 Å². The van der Waals surface area contributed by atoms with Crippen LogP contribution in [0.5, 0.6) is 0 Å². The van der Waals surface area contributed by atoms with Gasteiger partial charge in [0.05, 0.1) is 5.39 Å². The summed E-state index contributed by atoms with van der Waals surface area (Å²) < 4.78 is 0. The quantitative estimate of drug-likeness (QED) is 0.642. The molecule has 0 aliphatic heterocycles. The zero-order chi connectivity index (χ0) is 14.0. The number of hydrogen-bond donors (Lipinski definition) is 2. The molecule has 0 unspecified atom stereocenters. The molecule has 0 saturated heterocycles. The van der Waals surface area contributed by atoms with E-state index in [9.17, 15) is 9.59 Å². The van der Waals surface area contributed by atoms with Gasteiger partial charge in [0.15, 0.2) is 0 Å². The standard InChI is InChI=1S/C13H16N2O3S.2Na.2H/c1-3-4-5-6-8-7(2)9-11(16)14-10(13(17)18)15-12(9)19-8;;;;/h3-6H2,1-2H3,(H,17,18)(H,14,15,16);;;;. The Hall–Kier alpha value is 0.310. The number of aromatic carboxylic acids is 1. The van der Waals surface area contributed by atoms with E-state index >= 15 is 0 Å². The molecule has 0 atom stereocenters. The number of aromatic nitrogens is 2. The van der Waals surface area contributed by atoms with E-state index in [0.717, 1.165) is 36.1 Å². The van der Waals surface area contributed by atoms with Crippen LogP contribution < -0.4 is 5.56 Å². The molecule has 5 nitrogen and oxygen atoms in total. The number of unbranched alkanes of at least 4 members (excludes halogenated alkanes) is 2. The summed E-state index contributed by atoms with van der Waals surface area (Å²) in [7, 11) is 0. The van der Waals surface area contributed by atoms with Gasteiger partial charge in [-0.2, -0.15) is 0 Å².